The standard InChI is InChI=1S/C8H19N3.3ClH/c9-5-8(6-10)7-11-3-1-2-4-11;;;/h8H,1-7,9-10H2;3*1H. The number of rotatable bonds is 4. The van der Waals surface area contributed by atoms with Crippen molar-refractivity contribution in [1.82, 2.24) is 4.90 Å². The lowest BCUT2D eigenvalue weighted by atomic mass is 10.1. The minimum atomic E-state index is 0. The van der Waals surface area contributed by atoms with Gasteiger partial charge in [0.15, 0.2) is 0 Å². The lowest BCUT2D eigenvalue weighted by Crippen LogP contribution is -2.35. The lowest BCUT2D eigenvalue weighted by Gasteiger charge is -2.20. The second-order valence-electron chi connectivity index (χ2n) is 3.35. The Kier molecular flexibility index (Phi) is 17.1. The molecule has 1 saturated heterocycles. The Morgan fingerprint density at radius 1 is 0.929 bits per heavy atom. The highest BCUT2D eigenvalue weighted by molar-refractivity contribution is 5.86. The van der Waals surface area contributed by atoms with Crippen LogP contribution in [0.4, 0.5) is 0 Å². The van der Waals surface area contributed by atoms with Gasteiger partial charge in [0.25, 0.3) is 0 Å². The van der Waals surface area contributed by atoms with Crippen molar-refractivity contribution in [3.63, 3.8) is 0 Å². The van der Waals surface area contributed by atoms with Gasteiger partial charge in [-0.25, -0.2) is 0 Å². The summed E-state index contributed by atoms with van der Waals surface area (Å²) in [5.74, 6) is 0.507. The van der Waals surface area contributed by atoms with Gasteiger partial charge in [0.05, 0.1) is 0 Å². The first-order chi connectivity index (χ1) is 5.36. The van der Waals surface area contributed by atoms with Gasteiger partial charge in [-0.15, -0.1) is 37.2 Å². The first kappa shape index (κ1) is 20.2. The van der Waals surface area contributed by atoms with Crippen LogP contribution in [0, 0.1) is 5.92 Å². The van der Waals surface area contributed by atoms with Crippen molar-refractivity contribution in [2.24, 2.45) is 17.4 Å². The average molecular weight is 267 g/mol. The van der Waals surface area contributed by atoms with Crippen molar-refractivity contribution in [2.45, 2.75) is 12.8 Å². The van der Waals surface area contributed by atoms with E-state index >= 15 is 0 Å². The molecule has 90 valence electrons. The van der Waals surface area contributed by atoms with E-state index in [9.17, 15) is 0 Å². The molecule has 0 amide bonds. The van der Waals surface area contributed by atoms with Gasteiger partial charge in [-0.3, -0.25) is 0 Å². The second-order valence-corrected chi connectivity index (χ2v) is 3.35. The highest BCUT2D eigenvalue weighted by Gasteiger charge is 2.14. The van der Waals surface area contributed by atoms with Crippen LogP contribution in [0.15, 0.2) is 0 Å². The third-order valence-electron chi connectivity index (χ3n) is 2.38. The Bertz CT molecular complexity index is 106. The molecule has 0 atom stereocenters. The molecule has 0 saturated carbocycles. The number of halogens is 3. The van der Waals surface area contributed by atoms with E-state index in [0.717, 1.165) is 19.6 Å². The summed E-state index contributed by atoms with van der Waals surface area (Å²) in [6.07, 6.45) is 2.70. The quantitative estimate of drug-likeness (QED) is 0.794. The van der Waals surface area contributed by atoms with Crippen LogP contribution in [0.1, 0.15) is 12.8 Å². The maximum Gasteiger partial charge on any atom is 0.00338 e. The van der Waals surface area contributed by atoms with Crippen molar-refractivity contribution < 1.29 is 0 Å². The molecule has 3 nitrogen and oxygen atoms in total. The average Bonchev–Trinajstić information content (AvgIpc) is 2.52. The molecule has 4 N–H and O–H groups in total. The zero-order valence-corrected chi connectivity index (χ0v) is 10.8. The first-order valence-electron chi connectivity index (χ1n) is 4.49. The molecule has 14 heavy (non-hydrogen) atoms. The number of hydrogen-bond acceptors (Lipinski definition) is 3. The maximum absolute atomic E-state index is 5.55. The van der Waals surface area contributed by atoms with Gasteiger partial charge in [0, 0.05) is 6.54 Å². The molecule has 0 aromatic carbocycles. The van der Waals surface area contributed by atoms with Gasteiger partial charge in [-0.1, -0.05) is 0 Å². The van der Waals surface area contributed by atoms with Crippen LogP contribution >= 0.6 is 37.2 Å². The van der Waals surface area contributed by atoms with Crippen LogP contribution in [-0.4, -0.2) is 37.6 Å². The van der Waals surface area contributed by atoms with E-state index in [2.05, 4.69) is 4.90 Å². The van der Waals surface area contributed by atoms with Crippen LogP contribution < -0.4 is 11.5 Å². The summed E-state index contributed by atoms with van der Waals surface area (Å²) in [4.78, 5) is 2.46. The van der Waals surface area contributed by atoms with Gasteiger partial charge >= 0.3 is 0 Å². The summed E-state index contributed by atoms with van der Waals surface area (Å²) in [5.41, 5.74) is 11.1. The van der Waals surface area contributed by atoms with Gasteiger partial charge in [0.1, 0.15) is 0 Å². The fourth-order valence-corrected chi connectivity index (χ4v) is 1.58. The smallest absolute Gasteiger partial charge is 0.00338 e. The Balaban J connectivity index is -0.000000403. The van der Waals surface area contributed by atoms with Crippen molar-refractivity contribution in [3.05, 3.63) is 0 Å². The van der Waals surface area contributed by atoms with Gasteiger partial charge < -0.3 is 16.4 Å². The number of nitrogens with zero attached hydrogens (tertiary/aromatic N) is 1. The van der Waals surface area contributed by atoms with E-state index in [1.54, 1.807) is 0 Å². The molecule has 1 aliphatic heterocycles. The number of likely N-dealkylation sites (tertiary alicyclic amines) is 1. The normalized spacial score (nSPS) is 15.6. The lowest BCUT2D eigenvalue weighted by molar-refractivity contribution is 0.284. The topological polar surface area (TPSA) is 55.3 Å². The van der Waals surface area contributed by atoms with E-state index in [1.807, 2.05) is 0 Å². The third kappa shape index (κ3) is 7.10. The minimum absolute atomic E-state index is 0. The molecule has 0 bridgehead atoms. The summed E-state index contributed by atoms with van der Waals surface area (Å²) in [7, 11) is 0. The fourth-order valence-electron chi connectivity index (χ4n) is 1.58. The fraction of sp³-hybridized carbons (Fsp3) is 1.00. The Labute approximate surface area is 105 Å². The monoisotopic (exact) mass is 265 g/mol. The highest BCUT2D eigenvalue weighted by atomic mass is 35.5. The van der Waals surface area contributed by atoms with Gasteiger partial charge in [-0.05, 0) is 44.9 Å². The van der Waals surface area contributed by atoms with Crippen molar-refractivity contribution in [1.29, 1.82) is 0 Å². The molecule has 0 unspecified atom stereocenters. The summed E-state index contributed by atoms with van der Waals surface area (Å²) in [6.45, 7) is 5.06. The maximum atomic E-state index is 5.55. The minimum Gasteiger partial charge on any atom is -0.330 e. The molecule has 0 aromatic heterocycles. The second kappa shape index (κ2) is 11.8. The zero-order chi connectivity index (χ0) is 8.10. The molecule has 1 aliphatic rings. The molecule has 0 aliphatic carbocycles. The molecular weight excluding hydrogens is 244 g/mol. The van der Waals surface area contributed by atoms with Crippen LogP contribution in [0.25, 0.3) is 0 Å². The first-order valence-corrected chi connectivity index (χ1v) is 4.49. The highest BCUT2D eigenvalue weighted by Crippen LogP contribution is 2.08. The van der Waals surface area contributed by atoms with Gasteiger partial charge in [0.2, 0.25) is 0 Å². The van der Waals surface area contributed by atoms with Crippen LogP contribution in [-0.2, 0) is 0 Å². The Morgan fingerprint density at radius 2 is 1.36 bits per heavy atom. The predicted molar refractivity (Wildman–Crippen MR) is 69.0 cm³/mol. The van der Waals surface area contributed by atoms with Crippen LogP contribution in [0.2, 0.25) is 0 Å². The summed E-state index contributed by atoms with van der Waals surface area (Å²) in [5, 5.41) is 0. The van der Waals surface area contributed by atoms with Crippen LogP contribution in [0.3, 0.4) is 0 Å². The SMILES string of the molecule is Cl.Cl.Cl.NCC(CN)CN1CCCC1. The molecule has 1 rings (SSSR count). The van der Waals surface area contributed by atoms with E-state index in [1.165, 1.54) is 25.9 Å². The molecule has 1 fully saturated rings. The van der Waals surface area contributed by atoms with Crippen molar-refractivity contribution in [2.75, 3.05) is 32.7 Å². The molecular formula is C8H22Cl3N3. The Morgan fingerprint density at radius 3 is 1.71 bits per heavy atom. The molecule has 0 spiro atoms. The molecule has 0 radical (unpaired) electrons. The zero-order valence-electron chi connectivity index (χ0n) is 8.35. The van der Waals surface area contributed by atoms with Crippen molar-refractivity contribution >= 4 is 37.2 Å². The van der Waals surface area contributed by atoms with Gasteiger partial charge in [-0.2, -0.15) is 0 Å². The largest absolute Gasteiger partial charge is 0.330 e. The third-order valence-corrected chi connectivity index (χ3v) is 2.38. The molecule has 0 aromatic rings. The van der Waals surface area contributed by atoms with E-state index in [0.29, 0.717) is 5.92 Å². The van der Waals surface area contributed by atoms with E-state index < -0.39 is 0 Å². The van der Waals surface area contributed by atoms with E-state index in [-0.39, 0.29) is 37.2 Å². The van der Waals surface area contributed by atoms with E-state index in [4.69, 9.17) is 11.5 Å². The number of nitrogens with two attached hydrogens (primary N) is 2. The van der Waals surface area contributed by atoms with Crippen LogP contribution in [0.5, 0.6) is 0 Å². The Hall–Kier alpha value is 0.750. The van der Waals surface area contributed by atoms with Crippen molar-refractivity contribution in [3.8, 4) is 0 Å². The predicted octanol–water partition coefficient (Wildman–Crippen LogP) is 0.881. The molecule has 6 heteroatoms. The number of hydrogen-bond donors (Lipinski definition) is 2. The summed E-state index contributed by atoms with van der Waals surface area (Å²) < 4.78 is 0. The molecule has 1 heterocycles. The summed E-state index contributed by atoms with van der Waals surface area (Å²) in [6, 6.07) is 0. The summed E-state index contributed by atoms with van der Waals surface area (Å²) >= 11 is 0.